The molecule has 28 heavy (non-hydrogen) atoms. The van der Waals surface area contributed by atoms with Crippen LogP contribution in [0.15, 0.2) is 22.8 Å². The van der Waals surface area contributed by atoms with E-state index in [-0.39, 0.29) is 11.5 Å². The van der Waals surface area contributed by atoms with E-state index in [0.29, 0.717) is 5.41 Å². The largest absolute Gasteiger partial charge is 0.393 e. The van der Waals surface area contributed by atoms with Gasteiger partial charge >= 0.3 is 0 Å². The Hall–Kier alpha value is -0.560. The lowest BCUT2D eigenvalue weighted by molar-refractivity contribution is 0.0864. The number of allylic oxidation sites excluding steroid dienone is 3. The number of hydrogen-bond acceptors (Lipinski definition) is 1. The fourth-order valence-corrected chi connectivity index (χ4v) is 7.92. The monoisotopic (exact) mass is 384 g/mol. The Balaban J connectivity index is 1.53. The molecule has 4 aliphatic carbocycles. The van der Waals surface area contributed by atoms with E-state index in [4.69, 9.17) is 0 Å². The van der Waals surface area contributed by atoms with Crippen LogP contribution in [0.1, 0.15) is 105 Å². The van der Waals surface area contributed by atoms with Crippen LogP contribution in [0.25, 0.3) is 0 Å². The molecule has 158 valence electrons. The van der Waals surface area contributed by atoms with Gasteiger partial charge in [-0.25, -0.2) is 0 Å². The van der Waals surface area contributed by atoms with Gasteiger partial charge in [0.25, 0.3) is 0 Å². The maximum absolute atomic E-state index is 10.2. The SMILES string of the molecule is CC(C)CCC[C@@H](C)[C@H]1CC[C@H]2C3=C(CC[C@]12C)[C@@]1(C)CC[C@H](O)CC1=CC3. The molecule has 0 amide bonds. The molecule has 0 aromatic rings. The minimum absolute atomic E-state index is 0.0992. The third kappa shape index (κ3) is 3.34. The van der Waals surface area contributed by atoms with E-state index in [1.54, 1.807) is 5.57 Å². The van der Waals surface area contributed by atoms with E-state index < -0.39 is 0 Å². The molecule has 4 aliphatic rings. The van der Waals surface area contributed by atoms with Gasteiger partial charge in [0, 0.05) is 5.41 Å². The van der Waals surface area contributed by atoms with E-state index >= 15 is 0 Å². The number of rotatable bonds is 5. The summed E-state index contributed by atoms with van der Waals surface area (Å²) in [5.41, 5.74) is 6.02. The summed E-state index contributed by atoms with van der Waals surface area (Å²) in [5.74, 6) is 3.48. The molecule has 0 spiro atoms. The molecule has 1 N–H and O–H groups in total. The molecular weight excluding hydrogens is 340 g/mol. The summed E-state index contributed by atoms with van der Waals surface area (Å²) in [4.78, 5) is 0. The highest BCUT2D eigenvalue weighted by Crippen LogP contribution is 2.64. The van der Waals surface area contributed by atoms with Gasteiger partial charge in [-0.1, -0.05) is 76.7 Å². The molecule has 0 unspecified atom stereocenters. The summed E-state index contributed by atoms with van der Waals surface area (Å²) in [5, 5.41) is 10.2. The second kappa shape index (κ2) is 7.60. The Morgan fingerprint density at radius 3 is 2.61 bits per heavy atom. The molecule has 4 rings (SSSR count). The van der Waals surface area contributed by atoms with E-state index in [9.17, 15) is 5.11 Å². The summed E-state index contributed by atoms with van der Waals surface area (Å²) < 4.78 is 0. The van der Waals surface area contributed by atoms with Gasteiger partial charge in [-0.3, -0.25) is 0 Å². The smallest absolute Gasteiger partial charge is 0.0578 e. The van der Waals surface area contributed by atoms with Crippen LogP contribution < -0.4 is 0 Å². The number of fused-ring (bicyclic) bond motifs is 4. The average Bonchev–Trinajstić information content (AvgIpc) is 2.99. The van der Waals surface area contributed by atoms with Crippen molar-refractivity contribution in [1.82, 2.24) is 0 Å². The van der Waals surface area contributed by atoms with Gasteiger partial charge in [-0.15, -0.1) is 0 Å². The first kappa shape index (κ1) is 20.7. The zero-order valence-corrected chi connectivity index (χ0v) is 19.2. The summed E-state index contributed by atoms with van der Waals surface area (Å²) in [7, 11) is 0. The first-order valence-corrected chi connectivity index (χ1v) is 12.4. The molecule has 1 nitrogen and oxygen atoms in total. The molecule has 6 atom stereocenters. The molecule has 0 bridgehead atoms. The van der Waals surface area contributed by atoms with Crippen LogP contribution in [0, 0.1) is 34.5 Å². The Kier molecular flexibility index (Phi) is 5.62. The van der Waals surface area contributed by atoms with Gasteiger partial charge in [0.1, 0.15) is 0 Å². The Morgan fingerprint density at radius 2 is 1.86 bits per heavy atom. The summed E-state index contributed by atoms with van der Waals surface area (Å²) in [6.45, 7) is 12.4. The first-order valence-electron chi connectivity index (χ1n) is 12.4. The molecule has 0 saturated heterocycles. The maximum atomic E-state index is 10.2. The molecule has 0 heterocycles. The van der Waals surface area contributed by atoms with Crippen LogP contribution in [0.4, 0.5) is 0 Å². The second-order valence-electron chi connectivity index (χ2n) is 11.7. The fourth-order valence-electron chi connectivity index (χ4n) is 7.92. The summed E-state index contributed by atoms with van der Waals surface area (Å²) in [6, 6.07) is 0. The summed E-state index contributed by atoms with van der Waals surface area (Å²) >= 11 is 0. The second-order valence-corrected chi connectivity index (χ2v) is 11.7. The minimum Gasteiger partial charge on any atom is -0.393 e. The predicted octanol–water partition coefficient (Wildman–Crippen LogP) is 7.45. The van der Waals surface area contributed by atoms with Crippen molar-refractivity contribution in [3.63, 3.8) is 0 Å². The fraction of sp³-hybridized carbons (Fsp3) is 0.852. The van der Waals surface area contributed by atoms with Gasteiger partial charge in [0.05, 0.1) is 6.10 Å². The topological polar surface area (TPSA) is 20.2 Å². The van der Waals surface area contributed by atoms with E-state index in [1.165, 1.54) is 51.4 Å². The van der Waals surface area contributed by atoms with E-state index in [0.717, 1.165) is 42.9 Å². The normalized spacial score (nSPS) is 41.4. The van der Waals surface area contributed by atoms with Gasteiger partial charge in [0.15, 0.2) is 0 Å². The van der Waals surface area contributed by atoms with Crippen molar-refractivity contribution in [2.75, 3.05) is 0 Å². The van der Waals surface area contributed by atoms with Crippen LogP contribution in [-0.4, -0.2) is 11.2 Å². The van der Waals surface area contributed by atoms with Crippen LogP contribution in [0.5, 0.6) is 0 Å². The lowest BCUT2D eigenvalue weighted by Crippen LogP contribution is -2.41. The molecule has 2 fully saturated rings. The van der Waals surface area contributed by atoms with Crippen molar-refractivity contribution in [3.8, 4) is 0 Å². The van der Waals surface area contributed by atoms with Crippen molar-refractivity contribution < 1.29 is 5.11 Å². The first-order chi connectivity index (χ1) is 13.3. The van der Waals surface area contributed by atoms with Crippen molar-refractivity contribution in [1.29, 1.82) is 0 Å². The molecule has 0 radical (unpaired) electrons. The standard InChI is InChI=1S/C27H44O/c1-18(2)7-6-8-19(3)23-11-12-24-22-10-9-20-17-21(28)13-15-26(20,4)25(22)14-16-27(23,24)5/h9,18-19,21,23-24,28H,6-8,10-17H2,1-5H3/t19-,21+,23-,24+,26+,27-/m1/s1. The number of aliphatic hydroxyl groups is 1. The van der Waals surface area contributed by atoms with Crippen LogP contribution in [0.3, 0.4) is 0 Å². The maximum Gasteiger partial charge on any atom is 0.0578 e. The predicted molar refractivity (Wildman–Crippen MR) is 119 cm³/mol. The third-order valence-electron chi connectivity index (χ3n) is 9.64. The lowest BCUT2D eigenvalue weighted by Gasteiger charge is -2.52. The quantitative estimate of drug-likeness (QED) is 0.488. The van der Waals surface area contributed by atoms with E-state index in [2.05, 4.69) is 40.7 Å². The molecule has 2 saturated carbocycles. The third-order valence-corrected chi connectivity index (χ3v) is 9.64. The molecule has 0 aromatic heterocycles. The van der Waals surface area contributed by atoms with Gasteiger partial charge in [0.2, 0.25) is 0 Å². The molecule has 0 aliphatic heterocycles. The highest BCUT2D eigenvalue weighted by atomic mass is 16.3. The lowest BCUT2D eigenvalue weighted by atomic mass is 9.53. The minimum atomic E-state index is -0.0992. The summed E-state index contributed by atoms with van der Waals surface area (Å²) in [6.07, 6.45) is 16.5. The number of hydrogen-bond donors (Lipinski definition) is 1. The van der Waals surface area contributed by atoms with Crippen molar-refractivity contribution in [3.05, 3.63) is 22.8 Å². The van der Waals surface area contributed by atoms with Crippen molar-refractivity contribution in [2.24, 2.45) is 34.5 Å². The Morgan fingerprint density at radius 1 is 1.07 bits per heavy atom. The van der Waals surface area contributed by atoms with Crippen molar-refractivity contribution >= 4 is 0 Å². The number of aliphatic hydroxyl groups excluding tert-OH is 1. The highest BCUT2D eigenvalue weighted by Gasteiger charge is 2.54. The van der Waals surface area contributed by atoms with E-state index in [1.807, 2.05) is 11.1 Å². The molecule has 0 aromatic carbocycles. The average molecular weight is 385 g/mol. The zero-order valence-electron chi connectivity index (χ0n) is 19.2. The zero-order chi connectivity index (χ0) is 20.1. The molecular formula is C27H44O. The Labute approximate surface area is 174 Å². The van der Waals surface area contributed by atoms with Crippen LogP contribution >= 0.6 is 0 Å². The highest BCUT2D eigenvalue weighted by molar-refractivity contribution is 5.43. The van der Waals surface area contributed by atoms with Crippen LogP contribution in [0.2, 0.25) is 0 Å². The van der Waals surface area contributed by atoms with Crippen molar-refractivity contribution in [2.45, 2.75) is 111 Å². The van der Waals surface area contributed by atoms with Gasteiger partial charge in [-0.2, -0.15) is 0 Å². The van der Waals surface area contributed by atoms with Gasteiger partial charge in [-0.05, 0) is 80.5 Å². The Bertz CT molecular complexity index is 655. The molecule has 1 heteroatoms. The van der Waals surface area contributed by atoms with Gasteiger partial charge < -0.3 is 5.11 Å². The van der Waals surface area contributed by atoms with Crippen LogP contribution in [-0.2, 0) is 0 Å².